The van der Waals surface area contributed by atoms with Gasteiger partial charge in [0.15, 0.2) is 5.75 Å². The van der Waals surface area contributed by atoms with Crippen molar-refractivity contribution in [3.8, 4) is 11.5 Å². The summed E-state index contributed by atoms with van der Waals surface area (Å²) in [6.45, 7) is 0.311. The molecule has 1 aliphatic rings. The standard InChI is InChI=1S/C23H18ClN3O3/c24-18-5-6-19-22(30-20-4-2-1-3-16(20)14-26-19)21(18)17(9-12-28)23(29)27-13-15-7-10-25-11-8-15/h1-8,10-12,14,17H,9,13H2,(H,27,29). The Kier molecular flexibility index (Phi) is 5.86. The number of carbonyl (C=O) groups is 2. The van der Waals surface area contributed by atoms with Gasteiger partial charge in [-0.1, -0.05) is 23.7 Å². The third kappa shape index (κ3) is 4.09. The Hall–Kier alpha value is -3.51. The highest BCUT2D eigenvalue weighted by Gasteiger charge is 2.29. The molecule has 150 valence electrons. The highest BCUT2D eigenvalue weighted by molar-refractivity contribution is 6.32. The lowest BCUT2D eigenvalue weighted by Gasteiger charge is -2.21. The summed E-state index contributed by atoms with van der Waals surface area (Å²) in [4.78, 5) is 32.9. The number of ether oxygens (including phenoxy) is 1. The Labute approximate surface area is 178 Å². The third-order valence-electron chi connectivity index (χ3n) is 4.81. The third-order valence-corrected chi connectivity index (χ3v) is 5.14. The molecule has 0 saturated carbocycles. The van der Waals surface area contributed by atoms with Crippen molar-refractivity contribution in [1.82, 2.24) is 10.3 Å². The van der Waals surface area contributed by atoms with Crippen LogP contribution in [0.3, 0.4) is 0 Å². The van der Waals surface area contributed by atoms with Crippen molar-refractivity contribution in [3.05, 3.63) is 82.6 Å². The fourth-order valence-electron chi connectivity index (χ4n) is 3.29. The summed E-state index contributed by atoms with van der Waals surface area (Å²) in [5.41, 5.74) is 2.70. The number of para-hydroxylation sites is 1. The summed E-state index contributed by atoms with van der Waals surface area (Å²) in [7, 11) is 0. The number of fused-ring (bicyclic) bond motifs is 2. The number of carbonyl (C=O) groups excluding carboxylic acids is 2. The lowest BCUT2D eigenvalue weighted by molar-refractivity contribution is -0.124. The summed E-state index contributed by atoms with van der Waals surface area (Å²) >= 11 is 6.50. The number of hydrogen-bond donors (Lipinski definition) is 1. The topological polar surface area (TPSA) is 80.7 Å². The van der Waals surface area contributed by atoms with Crippen LogP contribution in [0.15, 0.2) is 65.9 Å². The Morgan fingerprint density at radius 3 is 2.73 bits per heavy atom. The zero-order chi connectivity index (χ0) is 20.9. The lowest BCUT2D eigenvalue weighted by atomic mass is 9.93. The van der Waals surface area contributed by atoms with Gasteiger partial charge >= 0.3 is 0 Å². The molecule has 0 fully saturated rings. The van der Waals surface area contributed by atoms with E-state index in [-0.39, 0.29) is 12.3 Å². The van der Waals surface area contributed by atoms with Gasteiger partial charge in [0.05, 0.1) is 5.92 Å². The number of aliphatic imine (C=N–C) groups is 1. The highest BCUT2D eigenvalue weighted by atomic mass is 35.5. The summed E-state index contributed by atoms with van der Waals surface area (Å²) in [5.74, 6) is -0.147. The molecule has 1 atom stereocenters. The van der Waals surface area contributed by atoms with Crippen LogP contribution < -0.4 is 10.1 Å². The summed E-state index contributed by atoms with van der Waals surface area (Å²) in [6.07, 6.45) is 5.69. The van der Waals surface area contributed by atoms with Crippen LogP contribution in [0, 0.1) is 0 Å². The second-order valence-corrected chi connectivity index (χ2v) is 7.14. The monoisotopic (exact) mass is 419 g/mol. The minimum Gasteiger partial charge on any atom is -0.454 e. The molecule has 1 aromatic heterocycles. The Morgan fingerprint density at radius 2 is 1.93 bits per heavy atom. The number of rotatable bonds is 6. The van der Waals surface area contributed by atoms with Crippen molar-refractivity contribution in [1.29, 1.82) is 0 Å². The molecular formula is C23H18ClN3O3. The Balaban J connectivity index is 1.70. The Morgan fingerprint density at radius 1 is 1.13 bits per heavy atom. The summed E-state index contributed by atoms with van der Waals surface area (Å²) in [5, 5.41) is 3.21. The van der Waals surface area contributed by atoms with Crippen LogP contribution in [0.5, 0.6) is 11.5 Å². The molecule has 1 aliphatic heterocycles. The maximum absolute atomic E-state index is 13.0. The van der Waals surface area contributed by atoms with Crippen molar-refractivity contribution in [2.75, 3.05) is 0 Å². The number of amides is 1. The molecule has 7 heteroatoms. The van der Waals surface area contributed by atoms with Crippen molar-refractivity contribution in [3.63, 3.8) is 0 Å². The van der Waals surface area contributed by atoms with Gasteiger partial charge < -0.3 is 14.8 Å². The molecule has 0 bridgehead atoms. The molecule has 3 aromatic rings. The van der Waals surface area contributed by atoms with Gasteiger partial charge in [-0.15, -0.1) is 0 Å². The van der Waals surface area contributed by atoms with Gasteiger partial charge in [-0.25, -0.2) is 0 Å². The average molecular weight is 420 g/mol. The van der Waals surface area contributed by atoms with Gasteiger partial charge in [-0.2, -0.15) is 0 Å². The van der Waals surface area contributed by atoms with Gasteiger partial charge in [-0.05, 0) is 42.0 Å². The van der Waals surface area contributed by atoms with E-state index in [2.05, 4.69) is 15.3 Å². The van der Waals surface area contributed by atoms with E-state index in [0.717, 1.165) is 11.1 Å². The molecular weight excluding hydrogens is 402 g/mol. The maximum Gasteiger partial charge on any atom is 0.228 e. The molecule has 0 radical (unpaired) electrons. The smallest absolute Gasteiger partial charge is 0.228 e. The van der Waals surface area contributed by atoms with Crippen LogP contribution in [0.4, 0.5) is 5.69 Å². The number of nitrogens with zero attached hydrogens (tertiary/aromatic N) is 2. The van der Waals surface area contributed by atoms with Crippen molar-refractivity contribution >= 4 is 35.7 Å². The molecule has 0 aliphatic carbocycles. The van der Waals surface area contributed by atoms with Gasteiger partial charge in [-0.3, -0.25) is 14.8 Å². The van der Waals surface area contributed by atoms with E-state index < -0.39 is 5.92 Å². The van der Waals surface area contributed by atoms with E-state index in [1.165, 1.54) is 0 Å². The number of pyridine rings is 1. The van der Waals surface area contributed by atoms with E-state index in [1.54, 1.807) is 30.7 Å². The van der Waals surface area contributed by atoms with Crippen molar-refractivity contribution < 1.29 is 14.3 Å². The van der Waals surface area contributed by atoms with Crippen LogP contribution in [0.25, 0.3) is 0 Å². The van der Waals surface area contributed by atoms with Gasteiger partial charge in [0, 0.05) is 47.7 Å². The predicted molar refractivity (Wildman–Crippen MR) is 115 cm³/mol. The van der Waals surface area contributed by atoms with Crippen LogP contribution in [-0.4, -0.2) is 23.4 Å². The summed E-state index contributed by atoms with van der Waals surface area (Å²) in [6, 6.07) is 14.5. The molecule has 0 spiro atoms. The SMILES string of the molecule is O=CCC(C(=O)NCc1ccncc1)c1c(Cl)ccc2c1Oc1ccccc1C=N2. The lowest BCUT2D eigenvalue weighted by Crippen LogP contribution is -2.29. The van der Waals surface area contributed by atoms with E-state index in [1.807, 2.05) is 36.4 Å². The fourth-order valence-corrected chi connectivity index (χ4v) is 3.57. The second kappa shape index (κ2) is 8.88. The van der Waals surface area contributed by atoms with Crippen LogP contribution >= 0.6 is 11.6 Å². The first-order valence-electron chi connectivity index (χ1n) is 9.41. The molecule has 6 nitrogen and oxygen atoms in total. The van der Waals surface area contributed by atoms with Crippen molar-refractivity contribution in [2.45, 2.75) is 18.9 Å². The zero-order valence-corrected chi connectivity index (χ0v) is 16.7. The molecule has 4 rings (SSSR count). The molecule has 30 heavy (non-hydrogen) atoms. The van der Waals surface area contributed by atoms with E-state index in [4.69, 9.17) is 16.3 Å². The maximum atomic E-state index is 13.0. The highest BCUT2D eigenvalue weighted by Crippen LogP contribution is 2.45. The first-order chi connectivity index (χ1) is 14.7. The minimum absolute atomic E-state index is 0.0346. The summed E-state index contributed by atoms with van der Waals surface area (Å²) < 4.78 is 6.14. The number of benzene rings is 2. The predicted octanol–water partition coefficient (Wildman–Crippen LogP) is 4.58. The minimum atomic E-state index is -0.813. The number of aromatic nitrogens is 1. The molecule has 1 unspecified atom stereocenters. The van der Waals surface area contributed by atoms with E-state index in [0.29, 0.717) is 40.6 Å². The van der Waals surface area contributed by atoms with Gasteiger partial charge in [0.2, 0.25) is 5.91 Å². The number of nitrogens with one attached hydrogen (secondary N) is 1. The van der Waals surface area contributed by atoms with E-state index in [9.17, 15) is 9.59 Å². The van der Waals surface area contributed by atoms with Crippen LogP contribution in [0.1, 0.15) is 29.0 Å². The zero-order valence-electron chi connectivity index (χ0n) is 15.9. The first kappa shape index (κ1) is 19.8. The second-order valence-electron chi connectivity index (χ2n) is 6.74. The van der Waals surface area contributed by atoms with E-state index >= 15 is 0 Å². The largest absolute Gasteiger partial charge is 0.454 e. The number of hydrogen-bond acceptors (Lipinski definition) is 5. The number of aldehydes is 1. The molecule has 0 saturated heterocycles. The van der Waals surface area contributed by atoms with Crippen LogP contribution in [-0.2, 0) is 16.1 Å². The Bertz CT molecular complexity index is 1120. The van der Waals surface area contributed by atoms with Crippen LogP contribution in [0.2, 0.25) is 5.02 Å². The quantitative estimate of drug-likeness (QED) is 0.464. The molecule has 2 heterocycles. The average Bonchev–Trinajstić information content (AvgIpc) is 2.96. The first-order valence-corrected chi connectivity index (χ1v) is 9.78. The fraction of sp³-hybridized carbons (Fsp3) is 0.130. The van der Waals surface area contributed by atoms with Crippen molar-refractivity contribution in [2.24, 2.45) is 4.99 Å². The molecule has 2 aromatic carbocycles. The van der Waals surface area contributed by atoms with Gasteiger partial charge in [0.25, 0.3) is 0 Å². The molecule has 1 amide bonds. The number of halogens is 1. The normalized spacial score (nSPS) is 12.7. The van der Waals surface area contributed by atoms with Gasteiger partial charge in [0.1, 0.15) is 17.7 Å². The molecule has 1 N–H and O–H groups in total.